The molecule has 6 N–H and O–H groups in total. The second-order valence-electron chi connectivity index (χ2n) is 8.26. The Morgan fingerprint density at radius 1 is 0.742 bits per heavy atom. The van der Waals surface area contributed by atoms with Crippen LogP contribution in [0.25, 0.3) is 0 Å². The molecule has 0 aliphatic carbocycles. The zero-order chi connectivity index (χ0) is 21.6. The van der Waals surface area contributed by atoms with Crippen molar-refractivity contribution in [2.24, 2.45) is 5.73 Å². The minimum absolute atomic E-state index is 0.555. The van der Waals surface area contributed by atoms with Gasteiger partial charge in [0.15, 0.2) is 0 Å². The summed E-state index contributed by atoms with van der Waals surface area (Å²) in [6.45, 7) is 11.0. The highest BCUT2D eigenvalue weighted by atomic mass is 15.1. The highest BCUT2D eigenvalue weighted by molar-refractivity contribution is 5.51. The minimum atomic E-state index is 0.555. The van der Waals surface area contributed by atoms with Crippen LogP contribution in [-0.2, 0) is 19.6 Å². The van der Waals surface area contributed by atoms with E-state index in [0.29, 0.717) is 6.54 Å². The fourth-order valence-electron chi connectivity index (χ4n) is 3.91. The molecule has 1 heterocycles. The molecule has 3 rings (SSSR count). The van der Waals surface area contributed by atoms with Crippen molar-refractivity contribution in [3.63, 3.8) is 0 Å². The van der Waals surface area contributed by atoms with Crippen LogP contribution < -0.4 is 27.0 Å². The second kappa shape index (κ2) is 14.2. The smallest absolute Gasteiger partial charge is 0.0400 e. The van der Waals surface area contributed by atoms with E-state index < -0.39 is 0 Å². The SMILES string of the molecule is NCc1ccccc1NCc1ccc(CN2CCCNCCNCCCNCC2)cc1. The normalized spacial score (nSPS) is 17.7. The lowest BCUT2D eigenvalue weighted by atomic mass is 10.1. The Hall–Kier alpha value is -1.96. The van der Waals surface area contributed by atoms with Gasteiger partial charge in [0.2, 0.25) is 0 Å². The van der Waals surface area contributed by atoms with Gasteiger partial charge in [0.1, 0.15) is 0 Å². The lowest BCUT2D eigenvalue weighted by molar-refractivity contribution is 0.260. The molecule has 1 saturated heterocycles. The van der Waals surface area contributed by atoms with E-state index in [0.717, 1.165) is 76.7 Å². The molecule has 1 fully saturated rings. The average Bonchev–Trinajstić information content (AvgIpc) is 2.81. The highest BCUT2D eigenvalue weighted by Crippen LogP contribution is 2.16. The summed E-state index contributed by atoms with van der Waals surface area (Å²) in [7, 11) is 0. The first-order valence-electron chi connectivity index (χ1n) is 11.8. The maximum Gasteiger partial charge on any atom is 0.0400 e. The van der Waals surface area contributed by atoms with Crippen LogP contribution in [0.3, 0.4) is 0 Å². The maximum absolute atomic E-state index is 5.84. The number of nitrogens with two attached hydrogens (primary N) is 1. The van der Waals surface area contributed by atoms with Crippen molar-refractivity contribution >= 4 is 5.69 Å². The third-order valence-corrected chi connectivity index (χ3v) is 5.77. The van der Waals surface area contributed by atoms with E-state index in [2.05, 4.69) is 62.6 Å². The minimum Gasteiger partial charge on any atom is -0.381 e. The molecule has 1 aliphatic heterocycles. The van der Waals surface area contributed by atoms with Gasteiger partial charge in [-0.25, -0.2) is 0 Å². The van der Waals surface area contributed by atoms with Crippen molar-refractivity contribution in [1.82, 2.24) is 20.9 Å². The Morgan fingerprint density at radius 3 is 2.19 bits per heavy atom. The molecule has 0 spiro atoms. The highest BCUT2D eigenvalue weighted by Gasteiger charge is 2.07. The Labute approximate surface area is 188 Å². The zero-order valence-electron chi connectivity index (χ0n) is 18.8. The summed E-state index contributed by atoms with van der Waals surface area (Å²) in [5, 5.41) is 14.1. The van der Waals surface area contributed by atoms with Crippen molar-refractivity contribution in [2.75, 3.05) is 57.7 Å². The Balaban J connectivity index is 1.49. The summed E-state index contributed by atoms with van der Waals surface area (Å²) < 4.78 is 0. The number of hydrogen-bond donors (Lipinski definition) is 5. The molecular weight excluding hydrogens is 384 g/mol. The lowest BCUT2D eigenvalue weighted by Crippen LogP contribution is -2.36. The van der Waals surface area contributed by atoms with Gasteiger partial charge in [-0.3, -0.25) is 4.90 Å². The number of nitrogens with one attached hydrogen (secondary N) is 4. The number of hydrogen-bond acceptors (Lipinski definition) is 6. The van der Waals surface area contributed by atoms with E-state index in [9.17, 15) is 0 Å². The first-order valence-corrected chi connectivity index (χ1v) is 11.8. The van der Waals surface area contributed by atoms with Gasteiger partial charge in [0.25, 0.3) is 0 Å². The van der Waals surface area contributed by atoms with Crippen LogP contribution in [0.1, 0.15) is 29.5 Å². The fourth-order valence-corrected chi connectivity index (χ4v) is 3.91. The largest absolute Gasteiger partial charge is 0.381 e. The van der Waals surface area contributed by atoms with Gasteiger partial charge >= 0.3 is 0 Å². The van der Waals surface area contributed by atoms with Crippen molar-refractivity contribution in [2.45, 2.75) is 32.5 Å². The molecule has 1 aliphatic rings. The molecule has 0 saturated carbocycles. The molecule has 0 radical (unpaired) electrons. The Morgan fingerprint density at radius 2 is 1.42 bits per heavy atom. The van der Waals surface area contributed by atoms with E-state index in [1.807, 2.05) is 12.1 Å². The topological polar surface area (TPSA) is 77.4 Å². The van der Waals surface area contributed by atoms with Crippen LogP contribution in [0.5, 0.6) is 0 Å². The number of benzene rings is 2. The van der Waals surface area contributed by atoms with E-state index in [-0.39, 0.29) is 0 Å². The third-order valence-electron chi connectivity index (χ3n) is 5.77. The molecule has 0 amide bonds. The maximum atomic E-state index is 5.84. The van der Waals surface area contributed by atoms with E-state index in [1.165, 1.54) is 24.0 Å². The monoisotopic (exact) mass is 424 g/mol. The predicted molar refractivity (Wildman–Crippen MR) is 131 cm³/mol. The number of nitrogens with zero attached hydrogens (tertiary/aromatic N) is 1. The quantitative estimate of drug-likeness (QED) is 0.489. The molecule has 6 heteroatoms. The van der Waals surface area contributed by atoms with E-state index >= 15 is 0 Å². The summed E-state index contributed by atoms with van der Waals surface area (Å²) in [4.78, 5) is 2.57. The van der Waals surface area contributed by atoms with Crippen molar-refractivity contribution < 1.29 is 0 Å². The molecule has 0 aromatic heterocycles. The van der Waals surface area contributed by atoms with Gasteiger partial charge < -0.3 is 27.0 Å². The average molecular weight is 425 g/mol. The molecule has 2 aromatic rings. The van der Waals surface area contributed by atoms with Crippen LogP contribution in [-0.4, -0.2) is 57.3 Å². The molecule has 2 aromatic carbocycles. The molecule has 0 unspecified atom stereocenters. The first kappa shape index (κ1) is 23.7. The van der Waals surface area contributed by atoms with Crippen LogP contribution in [0.15, 0.2) is 48.5 Å². The van der Waals surface area contributed by atoms with Crippen molar-refractivity contribution in [3.05, 3.63) is 65.2 Å². The summed E-state index contributed by atoms with van der Waals surface area (Å²) in [6.07, 6.45) is 2.37. The molecule has 0 bridgehead atoms. The number of anilines is 1. The molecular formula is C25H40N6. The van der Waals surface area contributed by atoms with Crippen LogP contribution >= 0.6 is 0 Å². The van der Waals surface area contributed by atoms with Crippen molar-refractivity contribution in [3.8, 4) is 0 Å². The van der Waals surface area contributed by atoms with Crippen molar-refractivity contribution in [1.29, 1.82) is 0 Å². The van der Waals surface area contributed by atoms with Gasteiger partial charge in [-0.2, -0.15) is 0 Å². The predicted octanol–water partition coefficient (Wildman–Crippen LogP) is 2.12. The summed E-state index contributed by atoms with van der Waals surface area (Å²) in [6, 6.07) is 17.3. The summed E-state index contributed by atoms with van der Waals surface area (Å²) in [5.74, 6) is 0. The lowest BCUT2D eigenvalue weighted by Gasteiger charge is -2.23. The van der Waals surface area contributed by atoms with Gasteiger partial charge in [-0.05, 0) is 61.8 Å². The number of rotatable bonds is 6. The molecule has 31 heavy (non-hydrogen) atoms. The standard InChI is InChI=1S/C25H40N6/c26-19-24-5-1-2-6-25(24)30-20-22-7-9-23(10-8-22)21-31-17-4-13-28-15-14-27-11-3-12-29-16-18-31/h1-2,5-10,27-30H,3-4,11-21,26H2. The summed E-state index contributed by atoms with van der Waals surface area (Å²) in [5.41, 5.74) is 10.8. The summed E-state index contributed by atoms with van der Waals surface area (Å²) >= 11 is 0. The van der Waals surface area contributed by atoms with Crippen LogP contribution in [0.4, 0.5) is 5.69 Å². The van der Waals surface area contributed by atoms with Gasteiger partial charge in [-0.15, -0.1) is 0 Å². The van der Waals surface area contributed by atoms with Crippen LogP contribution in [0, 0.1) is 0 Å². The van der Waals surface area contributed by atoms with Crippen LogP contribution in [0.2, 0.25) is 0 Å². The molecule has 0 atom stereocenters. The van der Waals surface area contributed by atoms with E-state index in [4.69, 9.17) is 5.73 Å². The Kier molecular flexibility index (Phi) is 10.8. The zero-order valence-corrected chi connectivity index (χ0v) is 18.8. The van der Waals surface area contributed by atoms with Gasteiger partial charge in [0, 0.05) is 51.5 Å². The second-order valence-corrected chi connectivity index (χ2v) is 8.26. The van der Waals surface area contributed by atoms with Gasteiger partial charge in [0.05, 0.1) is 0 Å². The Bertz CT molecular complexity index is 719. The van der Waals surface area contributed by atoms with Gasteiger partial charge in [-0.1, -0.05) is 42.5 Å². The van der Waals surface area contributed by atoms with E-state index in [1.54, 1.807) is 0 Å². The number of para-hydroxylation sites is 1. The third kappa shape index (κ3) is 8.97. The molecule has 6 nitrogen and oxygen atoms in total. The fraction of sp³-hybridized carbons (Fsp3) is 0.520. The first-order chi connectivity index (χ1) is 15.3. The molecule has 170 valence electrons.